The van der Waals surface area contributed by atoms with Crippen molar-refractivity contribution in [3.8, 4) is 5.75 Å². The van der Waals surface area contributed by atoms with Gasteiger partial charge in [-0.3, -0.25) is 4.79 Å². The van der Waals surface area contributed by atoms with Crippen molar-refractivity contribution >= 4 is 5.91 Å². The van der Waals surface area contributed by atoms with Crippen molar-refractivity contribution in [2.24, 2.45) is 11.3 Å². The molecule has 5 nitrogen and oxygen atoms in total. The highest BCUT2D eigenvalue weighted by Gasteiger charge is 2.72. The number of hydrogen-bond donors (Lipinski definition) is 2. The number of amides is 1. The summed E-state index contributed by atoms with van der Waals surface area (Å²) in [5.41, 5.74) is 1.26. The van der Waals surface area contributed by atoms with Gasteiger partial charge in [-0.2, -0.15) is 0 Å². The average molecular weight is 393 g/mol. The van der Waals surface area contributed by atoms with Gasteiger partial charge < -0.3 is 19.8 Å². The van der Waals surface area contributed by atoms with Gasteiger partial charge in [0.2, 0.25) is 5.91 Å². The molecule has 3 fully saturated rings. The van der Waals surface area contributed by atoms with Gasteiger partial charge in [0, 0.05) is 25.1 Å². The van der Waals surface area contributed by atoms with Crippen molar-refractivity contribution in [1.82, 2.24) is 4.90 Å². The number of nitrogens with zero attached hydrogens (tertiary/aromatic N) is 1. The van der Waals surface area contributed by atoms with Crippen molar-refractivity contribution < 1.29 is 19.7 Å². The second kappa shape index (κ2) is 6.57. The van der Waals surface area contributed by atoms with E-state index in [2.05, 4.69) is 12.1 Å². The molecule has 29 heavy (non-hydrogen) atoms. The molecule has 1 aliphatic heterocycles. The third kappa shape index (κ3) is 2.64. The first-order valence-corrected chi connectivity index (χ1v) is 10.3. The fourth-order valence-corrected chi connectivity index (χ4v) is 5.69. The number of likely N-dealkylation sites (tertiary alicyclic amines) is 1. The summed E-state index contributed by atoms with van der Waals surface area (Å²) >= 11 is 0. The lowest BCUT2D eigenvalue weighted by Crippen LogP contribution is -2.38. The summed E-state index contributed by atoms with van der Waals surface area (Å²) in [4.78, 5) is 15.3. The second-order valence-corrected chi connectivity index (χ2v) is 8.80. The molecule has 2 N–H and O–H groups in total. The van der Waals surface area contributed by atoms with Crippen LogP contribution in [0.3, 0.4) is 0 Å². The molecule has 1 saturated heterocycles. The van der Waals surface area contributed by atoms with Gasteiger partial charge in [0.15, 0.2) is 0 Å². The lowest BCUT2D eigenvalue weighted by atomic mass is 9.93. The Morgan fingerprint density at radius 1 is 1.14 bits per heavy atom. The number of ether oxygens (including phenoxy) is 1. The first kappa shape index (κ1) is 18.6. The zero-order chi connectivity index (χ0) is 20.2. The van der Waals surface area contributed by atoms with Crippen LogP contribution in [0.4, 0.5) is 0 Å². The fourth-order valence-electron chi connectivity index (χ4n) is 5.69. The largest absolute Gasteiger partial charge is 0.497 e. The van der Waals surface area contributed by atoms with E-state index in [1.165, 1.54) is 0 Å². The smallest absolute Gasteiger partial charge is 0.233 e. The number of methoxy groups -OCH3 is 1. The van der Waals surface area contributed by atoms with Crippen LogP contribution in [0.1, 0.15) is 29.9 Å². The molecule has 0 bridgehead atoms. The monoisotopic (exact) mass is 393 g/mol. The third-order valence-electron chi connectivity index (χ3n) is 7.49. The Balaban J connectivity index is 1.39. The van der Waals surface area contributed by atoms with E-state index in [0.717, 1.165) is 29.7 Å². The van der Waals surface area contributed by atoms with Crippen LogP contribution >= 0.6 is 0 Å². The highest BCUT2D eigenvalue weighted by molar-refractivity contribution is 5.91. The van der Waals surface area contributed by atoms with E-state index in [-0.39, 0.29) is 24.3 Å². The molecule has 0 aromatic heterocycles. The number of carbonyl (C=O) groups is 1. The minimum Gasteiger partial charge on any atom is -0.497 e. The standard InChI is InChI=1S/C24H27NO4/c1-29-18-9-7-17(8-10-18)23(11-12-23)22(28)25-13-20(27)24(15-25)19(14-26)21(24)16-5-3-2-4-6-16/h2-10,19-21,26-27H,11-15H2,1H3/t19-,20+,21-,24-/m1/s1. The van der Waals surface area contributed by atoms with Gasteiger partial charge in [-0.25, -0.2) is 0 Å². The summed E-state index contributed by atoms with van der Waals surface area (Å²) < 4.78 is 5.24. The number of β-amino-alcohol motifs (C(OH)–C–C–N with tert-alkyl or cyclic N) is 1. The molecule has 2 aliphatic carbocycles. The molecule has 1 heterocycles. The number of aliphatic hydroxyl groups excluding tert-OH is 2. The molecule has 2 aromatic rings. The molecule has 152 valence electrons. The lowest BCUT2D eigenvalue weighted by Gasteiger charge is -2.24. The Hall–Kier alpha value is -2.37. The number of hydrogen-bond acceptors (Lipinski definition) is 4. The molecule has 5 rings (SSSR count). The van der Waals surface area contributed by atoms with Crippen molar-refractivity contribution in [2.45, 2.75) is 30.3 Å². The van der Waals surface area contributed by atoms with E-state index in [1.54, 1.807) is 7.11 Å². The third-order valence-corrected chi connectivity index (χ3v) is 7.49. The molecule has 4 atom stereocenters. The van der Waals surface area contributed by atoms with Crippen LogP contribution in [0, 0.1) is 11.3 Å². The topological polar surface area (TPSA) is 70.0 Å². The minimum atomic E-state index is -0.611. The quantitative estimate of drug-likeness (QED) is 0.818. The summed E-state index contributed by atoms with van der Waals surface area (Å²) in [5, 5.41) is 21.0. The predicted octanol–water partition coefficient (Wildman–Crippen LogP) is 2.32. The SMILES string of the molecule is COc1ccc(C2(C(=O)N3C[C@H](O)[C@@]4(C3)[C@H](CO)[C@H]4c3ccccc3)CC2)cc1. The molecule has 0 unspecified atom stereocenters. The van der Waals surface area contributed by atoms with E-state index in [1.807, 2.05) is 47.4 Å². The molecule has 5 heteroatoms. The van der Waals surface area contributed by atoms with Gasteiger partial charge in [-0.15, -0.1) is 0 Å². The molecule has 1 amide bonds. The summed E-state index contributed by atoms with van der Waals surface area (Å²) in [6.45, 7) is 0.883. The Morgan fingerprint density at radius 3 is 2.41 bits per heavy atom. The molecule has 3 aliphatic rings. The zero-order valence-electron chi connectivity index (χ0n) is 16.6. The van der Waals surface area contributed by atoms with Crippen LogP contribution in [0.25, 0.3) is 0 Å². The van der Waals surface area contributed by atoms with Gasteiger partial charge in [0.1, 0.15) is 5.75 Å². The van der Waals surface area contributed by atoms with Crippen molar-refractivity contribution in [3.05, 3.63) is 65.7 Å². The van der Waals surface area contributed by atoms with Crippen molar-refractivity contribution in [2.75, 3.05) is 26.8 Å². The molecule has 2 aromatic carbocycles. The molecular weight excluding hydrogens is 366 g/mol. The van der Waals surface area contributed by atoms with Crippen LogP contribution in [-0.4, -0.2) is 53.9 Å². The highest BCUT2D eigenvalue weighted by Crippen LogP contribution is 2.69. The average Bonchev–Trinajstić information content (AvgIpc) is 3.65. The van der Waals surface area contributed by atoms with E-state index in [9.17, 15) is 15.0 Å². The number of aliphatic hydroxyl groups is 2. The minimum absolute atomic E-state index is 0.00570. The highest BCUT2D eigenvalue weighted by atomic mass is 16.5. The molecule has 1 spiro atoms. The van der Waals surface area contributed by atoms with Gasteiger partial charge in [-0.05, 0) is 47.9 Å². The van der Waals surface area contributed by atoms with Gasteiger partial charge >= 0.3 is 0 Å². The maximum Gasteiger partial charge on any atom is 0.233 e. The fraction of sp³-hybridized carbons (Fsp3) is 0.458. The Kier molecular flexibility index (Phi) is 4.23. The van der Waals surface area contributed by atoms with E-state index < -0.39 is 16.9 Å². The maximum atomic E-state index is 13.5. The van der Waals surface area contributed by atoms with E-state index >= 15 is 0 Å². The number of rotatable bonds is 5. The Labute approximate surface area is 170 Å². The van der Waals surface area contributed by atoms with Gasteiger partial charge in [-0.1, -0.05) is 42.5 Å². The molecule has 0 radical (unpaired) electrons. The van der Waals surface area contributed by atoms with Crippen molar-refractivity contribution in [3.63, 3.8) is 0 Å². The first-order chi connectivity index (χ1) is 14.1. The molecular formula is C24H27NO4. The Morgan fingerprint density at radius 2 is 1.83 bits per heavy atom. The number of carbonyl (C=O) groups excluding carboxylic acids is 1. The molecule has 2 saturated carbocycles. The van der Waals surface area contributed by atoms with Gasteiger partial charge in [0.25, 0.3) is 0 Å². The lowest BCUT2D eigenvalue weighted by molar-refractivity contribution is -0.133. The maximum absolute atomic E-state index is 13.5. The summed E-state index contributed by atoms with van der Waals surface area (Å²) in [6.07, 6.45) is 1.06. The van der Waals surface area contributed by atoms with Crippen LogP contribution in [0.15, 0.2) is 54.6 Å². The normalized spacial score (nSPS) is 31.7. The first-order valence-electron chi connectivity index (χ1n) is 10.3. The summed E-state index contributed by atoms with van der Waals surface area (Å²) in [6, 6.07) is 17.8. The van der Waals surface area contributed by atoms with Crippen LogP contribution < -0.4 is 4.74 Å². The van der Waals surface area contributed by atoms with Crippen molar-refractivity contribution in [1.29, 1.82) is 0 Å². The summed E-state index contributed by atoms with van der Waals surface area (Å²) in [5.74, 6) is 0.975. The van der Waals surface area contributed by atoms with E-state index in [4.69, 9.17) is 4.74 Å². The van der Waals surface area contributed by atoms with Gasteiger partial charge in [0.05, 0.1) is 18.6 Å². The zero-order valence-corrected chi connectivity index (χ0v) is 16.6. The van der Waals surface area contributed by atoms with E-state index in [0.29, 0.717) is 13.1 Å². The van der Waals surface area contributed by atoms with Crippen LogP contribution in [0.2, 0.25) is 0 Å². The van der Waals surface area contributed by atoms with Crippen LogP contribution in [-0.2, 0) is 10.2 Å². The summed E-state index contributed by atoms with van der Waals surface area (Å²) in [7, 11) is 1.63. The van der Waals surface area contributed by atoms with Crippen LogP contribution in [0.5, 0.6) is 5.75 Å². The number of benzene rings is 2. The second-order valence-electron chi connectivity index (χ2n) is 8.80. The predicted molar refractivity (Wildman–Crippen MR) is 109 cm³/mol. The Bertz CT molecular complexity index is 908.